The van der Waals surface area contributed by atoms with Gasteiger partial charge in [-0.2, -0.15) is 0 Å². The maximum Gasteiger partial charge on any atom is 0.352 e. The van der Waals surface area contributed by atoms with Gasteiger partial charge in [0, 0.05) is 17.3 Å². The fourth-order valence-corrected chi connectivity index (χ4v) is 1.83. The number of rotatable bonds is 3. The van der Waals surface area contributed by atoms with Gasteiger partial charge in [-0.05, 0) is 19.1 Å². The standard InChI is InChI=1S/C12H10N2O4/c1-7-6-9(11(13-7)12(15)16)8-4-2-3-5-10(8)14(17)18/h2-6,13H,1H3,(H,15,16). The van der Waals surface area contributed by atoms with Gasteiger partial charge in [-0.1, -0.05) is 12.1 Å². The number of nitrogens with zero attached hydrogens (tertiary/aromatic N) is 1. The van der Waals surface area contributed by atoms with Crippen molar-refractivity contribution in [2.75, 3.05) is 0 Å². The molecule has 0 aliphatic heterocycles. The van der Waals surface area contributed by atoms with E-state index in [4.69, 9.17) is 5.11 Å². The van der Waals surface area contributed by atoms with Crippen molar-refractivity contribution >= 4 is 11.7 Å². The first-order valence-corrected chi connectivity index (χ1v) is 5.17. The second kappa shape index (κ2) is 4.33. The molecule has 6 nitrogen and oxygen atoms in total. The summed E-state index contributed by atoms with van der Waals surface area (Å²) in [5.41, 5.74) is 1.11. The van der Waals surface area contributed by atoms with Gasteiger partial charge in [-0.3, -0.25) is 10.1 Å². The van der Waals surface area contributed by atoms with E-state index in [1.807, 2.05) is 0 Å². The van der Waals surface area contributed by atoms with Crippen molar-refractivity contribution in [1.29, 1.82) is 0 Å². The van der Waals surface area contributed by atoms with Gasteiger partial charge in [0.15, 0.2) is 0 Å². The quantitative estimate of drug-likeness (QED) is 0.642. The molecule has 0 saturated carbocycles. The molecule has 6 heteroatoms. The number of aryl methyl sites for hydroxylation is 1. The summed E-state index contributed by atoms with van der Waals surface area (Å²) in [7, 11) is 0. The lowest BCUT2D eigenvalue weighted by molar-refractivity contribution is -0.384. The number of aromatic amines is 1. The van der Waals surface area contributed by atoms with Crippen LogP contribution in [0.4, 0.5) is 5.69 Å². The topological polar surface area (TPSA) is 96.2 Å². The fraction of sp³-hybridized carbons (Fsp3) is 0.0833. The Morgan fingerprint density at radius 3 is 2.61 bits per heavy atom. The number of carboxylic acids is 1. The Kier molecular flexibility index (Phi) is 2.85. The molecule has 0 atom stereocenters. The Morgan fingerprint density at radius 1 is 1.33 bits per heavy atom. The first kappa shape index (κ1) is 11.8. The van der Waals surface area contributed by atoms with Crippen molar-refractivity contribution in [2.45, 2.75) is 6.92 Å². The first-order valence-electron chi connectivity index (χ1n) is 5.17. The van der Waals surface area contributed by atoms with Crippen LogP contribution in [-0.2, 0) is 0 Å². The smallest absolute Gasteiger partial charge is 0.352 e. The highest BCUT2D eigenvalue weighted by molar-refractivity contribution is 5.96. The second-order valence-corrected chi connectivity index (χ2v) is 3.82. The van der Waals surface area contributed by atoms with E-state index in [0.29, 0.717) is 16.8 Å². The van der Waals surface area contributed by atoms with E-state index in [1.54, 1.807) is 25.1 Å². The van der Waals surface area contributed by atoms with Crippen LogP contribution >= 0.6 is 0 Å². The highest BCUT2D eigenvalue weighted by Crippen LogP contribution is 2.32. The van der Waals surface area contributed by atoms with Crippen molar-refractivity contribution < 1.29 is 14.8 Å². The zero-order valence-electron chi connectivity index (χ0n) is 9.51. The number of benzene rings is 1. The monoisotopic (exact) mass is 246 g/mol. The van der Waals surface area contributed by atoms with Crippen LogP contribution in [-0.4, -0.2) is 21.0 Å². The summed E-state index contributed by atoms with van der Waals surface area (Å²) in [4.78, 5) is 24.2. The molecule has 1 heterocycles. The van der Waals surface area contributed by atoms with Crippen LogP contribution < -0.4 is 0 Å². The van der Waals surface area contributed by atoms with Crippen LogP contribution in [0.1, 0.15) is 16.2 Å². The van der Waals surface area contributed by atoms with Gasteiger partial charge in [-0.15, -0.1) is 0 Å². The number of nitro groups is 1. The van der Waals surface area contributed by atoms with E-state index in [-0.39, 0.29) is 11.4 Å². The Balaban J connectivity index is 2.69. The predicted octanol–water partition coefficient (Wildman–Crippen LogP) is 2.60. The maximum atomic E-state index is 11.1. The van der Waals surface area contributed by atoms with E-state index in [0.717, 1.165) is 0 Å². The van der Waals surface area contributed by atoms with Crippen LogP contribution in [0.5, 0.6) is 0 Å². The number of aromatic carboxylic acids is 1. The number of nitro benzene ring substituents is 1. The van der Waals surface area contributed by atoms with Gasteiger partial charge in [0.1, 0.15) is 5.69 Å². The zero-order chi connectivity index (χ0) is 13.3. The molecule has 1 aromatic heterocycles. The van der Waals surface area contributed by atoms with Crippen LogP contribution in [0.25, 0.3) is 11.1 Å². The minimum atomic E-state index is -1.14. The molecule has 0 radical (unpaired) electrons. The number of hydrogen-bond acceptors (Lipinski definition) is 3. The molecule has 1 aromatic carbocycles. The van der Waals surface area contributed by atoms with Gasteiger partial charge >= 0.3 is 5.97 Å². The third kappa shape index (κ3) is 1.95. The van der Waals surface area contributed by atoms with Crippen molar-refractivity contribution in [3.8, 4) is 11.1 Å². The maximum absolute atomic E-state index is 11.1. The molecule has 18 heavy (non-hydrogen) atoms. The van der Waals surface area contributed by atoms with Crippen molar-refractivity contribution in [2.24, 2.45) is 0 Å². The molecule has 0 bridgehead atoms. The van der Waals surface area contributed by atoms with Crippen molar-refractivity contribution in [1.82, 2.24) is 4.98 Å². The molecule has 0 fully saturated rings. The molecule has 2 aromatic rings. The number of nitrogens with one attached hydrogen (secondary N) is 1. The van der Waals surface area contributed by atoms with Crippen LogP contribution in [0.15, 0.2) is 30.3 Å². The minimum absolute atomic E-state index is 0.0400. The summed E-state index contributed by atoms with van der Waals surface area (Å²) in [6.07, 6.45) is 0. The van der Waals surface area contributed by atoms with E-state index in [1.165, 1.54) is 12.1 Å². The first-order chi connectivity index (χ1) is 8.50. The van der Waals surface area contributed by atoms with E-state index < -0.39 is 10.9 Å². The molecule has 0 spiro atoms. The number of aromatic nitrogens is 1. The average Bonchev–Trinajstić information content (AvgIpc) is 2.71. The average molecular weight is 246 g/mol. The van der Waals surface area contributed by atoms with Crippen molar-refractivity contribution in [3.63, 3.8) is 0 Å². The van der Waals surface area contributed by atoms with Crippen LogP contribution in [0.3, 0.4) is 0 Å². The molecule has 0 aliphatic rings. The summed E-state index contributed by atoms with van der Waals surface area (Å²) in [6, 6.07) is 7.65. The summed E-state index contributed by atoms with van der Waals surface area (Å²) >= 11 is 0. The second-order valence-electron chi connectivity index (χ2n) is 3.82. The van der Waals surface area contributed by atoms with Gasteiger partial charge in [-0.25, -0.2) is 4.79 Å². The highest BCUT2D eigenvalue weighted by atomic mass is 16.6. The predicted molar refractivity (Wildman–Crippen MR) is 64.6 cm³/mol. The minimum Gasteiger partial charge on any atom is -0.477 e. The Bertz CT molecular complexity index is 631. The van der Waals surface area contributed by atoms with Gasteiger partial charge < -0.3 is 10.1 Å². The summed E-state index contributed by atoms with van der Waals surface area (Å²) in [5, 5.41) is 20.0. The molecule has 0 aliphatic carbocycles. The Morgan fingerprint density at radius 2 is 2.00 bits per heavy atom. The number of H-pyrrole nitrogens is 1. The van der Waals surface area contributed by atoms with Gasteiger partial charge in [0.25, 0.3) is 5.69 Å². The van der Waals surface area contributed by atoms with Gasteiger partial charge in [0.2, 0.25) is 0 Å². The van der Waals surface area contributed by atoms with E-state index in [9.17, 15) is 14.9 Å². The van der Waals surface area contributed by atoms with E-state index in [2.05, 4.69) is 4.98 Å². The Hall–Kier alpha value is -2.63. The lowest BCUT2D eigenvalue weighted by Gasteiger charge is -2.01. The van der Waals surface area contributed by atoms with Crippen molar-refractivity contribution in [3.05, 3.63) is 51.8 Å². The summed E-state index contributed by atoms with van der Waals surface area (Å²) in [6.45, 7) is 1.70. The zero-order valence-corrected chi connectivity index (χ0v) is 9.51. The number of hydrogen-bond donors (Lipinski definition) is 2. The molecule has 2 rings (SSSR count). The normalized spacial score (nSPS) is 10.3. The molecule has 0 unspecified atom stereocenters. The number of para-hydroxylation sites is 1. The number of carbonyl (C=O) groups is 1. The molecule has 0 saturated heterocycles. The Labute approximate surface area is 102 Å². The third-order valence-electron chi connectivity index (χ3n) is 2.56. The highest BCUT2D eigenvalue weighted by Gasteiger charge is 2.21. The molecular weight excluding hydrogens is 236 g/mol. The van der Waals surface area contributed by atoms with Crippen LogP contribution in [0, 0.1) is 17.0 Å². The lowest BCUT2D eigenvalue weighted by atomic mass is 10.0. The SMILES string of the molecule is Cc1cc(-c2ccccc2[N+](=O)[O-])c(C(=O)O)[nH]1. The summed E-state index contributed by atoms with van der Waals surface area (Å²) < 4.78 is 0. The molecule has 2 N–H and O–H groups in total. The van der Waals surface area contributed by atoms with Crippen LogP contribution in [0.2, 0.25) is 0 Å². The third-order valence-corrected chi connectivity index (χ3v) is 2.56. The van der Waals surface area contributed by atoms with E-state index >= 15 is 0 Å². The molecule has 0 amide bonds. The fourth-order valence-electron chi connectivity index (χ4n) is 1.83. The summed E-state index contributed by atoms with van der Waals surface area (Å²) in [5.74, 6) is -1.14. The molecule has 92 valence electrons. The van der Waals surface area contributed by atoms with Gasteiger partial charge in [0.05, 0.1) is 10.5 Å². The largest absolute Gasteiger partial charge is 0.477 e. The molecular formula is C12H10N2O4. The number of carboxylic acid groups (broad SMARTS) is 1. The lowest BCUT2D eigenvalue weighted by Crippen LogP contribution is -2.00.